The van der Waals surface area contributed by atoms with Crippen LogP contribution in [0.15, 0.2) is 83.5 Å². The number of ether oxygens (including phenoxy) is 2. The summed E-state index contributed by atoms with van der Waals surface area (Å²) < 4.78 is 11.1. The molecule has 0 heterocycles. The third-order valence-corrected chi connectivity index (χ3v) is 6.89. The lowest BCUT2D eigenvalue weighted by Gasteiger charge is -2.31. The average Bonchev–Trinajstić information content (AvgIpc) is 3.56. The number of hydrogen-bond acceptors (Lipinski definition) is 4. The van der Waals surface area contributed by atoms with Crippen LogP contribution in [-0.2, 0) is 4.74 Å². The lowest BCUT2D eigenvalue weighted by atomic mass is 10.0. The molecule has 3 aliphatic rings. The van der Waals surface area contributed by atoms with Crippen LogP contribution in [-0.4, -0.2) is 36.6 Å². The van der Waals surface area contributed by atoms with E-state index in [0.29, 0.717) is 5.92 Å². The smallest absolute Gasteiger partial charge is 0.118 e. The molecule has 0 N–H and O–H groups in total. The van der Waals surface area contributed by atoms with Gasteiger partial charge in [0, 0.05) is 13.0 Å². The third-order valence-electron chi connectivity index (χ3n) is 6.89. The first kappa shape index (κ1) is 22.3. The van der Waals surface area contributed by atoms with Crippen LogP contribution in [0.3, 0.4) is 0 Å². The first-order chi connectivity index (χ1) is 15.5. The van der Waals surface area contributed by atoms with Gasteiger partial charge < -0.3 is 9.47 Å². The number of methoxy groups -OCH3 is 2. The summed E-state index contributed by atoms with van der Waals surface area (Å²) in [5.74, 6) is 1.28. The van der Waals surface area contributed by atoms with Gasteiger partial charge in [-0.3, -0.25) is 5.01 Å². The van der Waals surface area contributed by atoms with Gasteiger partial charge in [-0.05, 0) is 80.5 Å². The van der Waals surface area contributed by atoms with Crippen LogP contribution >= 0.6 is 0 Å². The van der Waals surface area contributed by atoms with E-state index in [2.05, 4.69) is 61.9 Å². The largest absolute Gasteiger partial charge is 0.497 e. The van der Waals surface area contributed by atoms with E-state index in [1.54, 1.807) is 7.11 Å². The molecule has 4 heteroatoms. The van der Waals surface area contributed by atoms with Crippen LogP contribution in [0.5, 0.6) is 5.75 Å². The predicted octanol–water partition coefficient (Wildman–Crippen LogP) is 6.30. The monoisotopic (exact) mass is 430 g/mol. The van der Waals surface area contributed by atoms with Gasteiger partial charge in [0.15, 0.2) is 0 Å². The molecular weight excluding hydrogens is 396 g/mol. The van der Waals surface area contributed by atoms with Crippen molar-refractivity contribution in [1.82, 2.24) is 5.01 Å². The van der Waals surface area contributed by atoms with E-state index in [-0.39, 0.29) is 11.6 Å². The van der Waals surface area contributed by atoms with Crippen molar-refractivity contribution in [3.8, 4) is 5.75 Å². The van der Waals surface area contributed by atoms with Gasteiger partial charge in [0.25, 0.3) is 0 Å². The topological polar surface area (TPSA) is 34.1 Å². The number of nitrogens with zero attached hydrogens (tertiary/aromatic N) is 2. The van der Waals surface area contributed by atoms with E-state index in [1.807, 2.05) is 31.4 Å². The Hall–Kier alpha value is -2.85. The Morgan fingerprint density at radius 1 is 1.22 bits per heavy atom. The van der Waals surface area contributed by atoms with E-state index >= 15 is 0 Å². The Kier molecular flexibility index (Phi) is 6.52. The van der Waals surface area contributed by atoms with Crippen LogP contribution in [0.2, 0.25) is 0 Å². The van der Waals surface area contributed by atoms with E-state index < -0.39 is 0 Å². The highest BCUT2D eigenvalue weighted by Gasteiger charge is 2.52. The Balaban J connectivity index is 1.66. The summed E-state index contributed by atoms with van der Waals surface area (Å²) >= 11 is 0. The zero-order chi connectivity index (χ0) is 22.7. The molecule has 3 unspecified atom stereocenters. The number of rotatable bonds is 8. The minimum absolute atomic E-state index is 0.0807. The van der Waals surface area contributed by atoms with Gasteiger partial charge in [-0.25, -0.2) is 0 Å². The SMILES string of the molecule is C=C(c1ccc(OC)cc1)N(/N=C(\C)C1=CC=CCC1)C(C)C1=CC2CC2(OC)C=CC1. The molecule has 3 atom stereocenters. The summed E-state index contributed by atoms with van der Waals surface area (Å²) in [6.45, 7) is 8.78. The van der Waals surface area contributed by atoms with Crippen LogP contribution < -0.4 is 4.74 Å². The fourth-order valence-corrected chi connectivity index (χ4v) is 4.59. The Bertz CT molecular complexity index is 1010. The zero-order valence-electron chi connectivity index (χ0n) is 19.7. The molecule has 0 radical (unpaired) electrons. The molecule has 0 saturated heterocycles. The van der Waals surface area contributed by atoms with Crippen LogP contribution in [0.25, 0.3) is 5.70 Å². The maximum absolute atomic E-state index is 5.79. The molecule has 0 spiro atoms. The molecule has 0 bridgehead atoms. The van der Waals surface area contributed by atoms with Crippen molar-refractivity contribution >= 4 is 11.4 Å². The van der Waals surface area contributed by atoms with Gasteiger partial charge in [0.05, 0.1) is 30.2 Å². The Labute approximate surface area is 192 Å². The zero-order valence-corrected chi connectivity index (χ0v) is 19.7. The average molecular weight is 431 g/mol. The summed E-state index contributed by atoms with van der Waals surface area (Å²) in [4.78, 5) is 0. The van der Waals surface area contributed by atoms with E-state index in [4.69, 9.17) is 14.6 Å². The highest BCUT2D eigenvalue weighted by atomic mass is 16.5. The number of hydrogen-bond donors (Lipinski definition) is 0. The minimum Gasteiger partial charge on any atom is -0.497 e. The molecule has 32 heavy (non-hydrogen) atoms. The maximum atomic E-state index is 5.79. The van der Waals surface area contributed by atoms with Gasteiger partial charge in [0.1, 0.15) is 5.75 Å². The molecule has 4 rings (SSSR count). The minimum atomic E-state index is -0.0995. The summed E-state index contributed by atoms with van der Waals surface area (Å²) in [6.07, 6.45) is 17.4. The molecule has 4 nitrogen and oxygen atoms in total. The lowest BCUT2D eigenvalue weighted by Crippen LogP contribution is -2.30. The summed E-state index contributed by atoms with van der Waals surface area (Å²) in [5.41, 5.74) is 5.49. The molecular formula is C28H34N2O2. The standard InChI is InChI=1S/C28H34N2O2/c1-20(23-10-7-6-8-11-23)29-30(21(2)24-13-15-27(31-4)16-14-24)22(3)25-12-9-17-28(32-5)19-26(28)18-25/h6-7,9-10,13-18,22,26H,2,8,11-12,19H2,1,3-5H3/b29-20+. The number of hydrazone groups is 1. The number of allylic oxidation sites excluding steroid dienone is 5. The van der Waals surface area contributed by atoms with Crippen molar-refractivity contribution in [2.24, 2.45) is 11.0 Å². The quantitative estimate of drug-likeness (QED) is 0.276. The van der Waals surface area contributed by atoms with Gasteiger partial charge in [-0.15, -0.1) is 0 Å². The first-order valence-corrected chi connectivity index (χ1v) is 11.4. The van der Waals surface area contributed by atoms with Crippen molar-refractivity contribution in [2.45, 2.75) is 51.2 Å². The fourth-order valence-electron chi connectivity index (χ4n) is 4.59. The van der Waals surface area contributed by atoms with Gasteiger partial charge in [-0.1, -0.05) is 43.0 Å². The molecule has 0 aliphatic heterocycles. The normalized spacial score (nSPS) is 25.2. The van der Waals surface area contributed by atoms with Crippen LogP contribution in [0.1, 0.15) is 45.1 Å². The maximum Gasteiger partial charge on any atom is 0.118 e. The molecule has 0 aromatic heterocycles. The van der Waals surface area contributed by atoms with Gasteiger partial charge >= 0.3 is 0 Å². The van der Waals surface area contributed by atoms with Gasteiger partial charge in [0.2, 0.25) is 0 Å². The molecule has 1 saturated carbocycles. The highest BCUT2D eigenvalue weighted by Crippen LogP contribution is 2.51. The fraction of sp³-hybridized carbons (Fsp3) is 0.393. The number of benzene rings is 1. The Morgan fingerprint density at radius 2 is 2.00 bits per heavy atom. The van der Waals surface area contributed by atoms with E-state index in [1.165, 1.54) is 11.1 Å². The molecule has 1 aromatic carbocycles. The summed E-state index contributed by atoms with van der Waals surface area (Å²) in [5, 5.41) is 7.22. The van der Waals surface area contributed by atoms with E-state index in [9.17, 15) is 0 Å². The second-order valence-corrected chi connectivity index (χ2v) is 8.86. The number of fused-ring (bicyclic) bond motifs is 1. The van der Waals surface area contributed by atoms with Crippen LogP contribution in [0, 0.1) is 5.92 Å². The second kappa shape index (κ2) is 9.33. The second-order valence-electron chi connectivity index (χ2n) is 8.86. The van der Waals surface area contributed by atoms with Crippen molar-refractivity contribution in [2.75, 3.05) is 14.2 Å². The lowest BCUT2D eigenvalue weighted by molar-refractivity contribution is 0.112. The van der Waals surface area contributed by atoms with E-state index in [0.717, 1.165) is 48.4 Å². The van der Waals surface area contributed by atoms with Gasteiger partial charge in [-0.2, -0.15) is 5.10 Å². The van der Waals surface area contributed by atoms with Crippen molar-refractivity contribution in [1.29, 1.82) is 0 Å². The van der Waals surface area contributed by atoms with Crippen molar-refractivity contribution in [3.63, 3.8) is 0 Å². The summed E-state index contributed by atoms with van der Waals surface area (Å²) in [7, 11) is 3.49. The van der Waals surface area contributed by atoms with Crippen LogP contribution in [0.4, 0.5) is 0 Å². The molecule has 1 fully saturated rings. The van der Waals surface area contributed by atoms with Crippen molar-refractivity contribution in [3.05, 3.63) is 84.0 Å². The molecule has 3 aliphatic carbocycles. The summed E-state index contributed by atoms with van der Waals surface area (Å²) in [6, 6.07) is 8.12. The predicted molar refractivity (Wildman–Crippen MR) is 133 cm³/mol. The molecule has 1 aromatic rings. The molecule has 0 amide bonds. The Morgan fingerprint density at radius 3 is 2.66 bits per heavy atom. The van der Waals surface area contributed by atoms with Crippen molar-refractivity contribution < 1.29 is 9.47 Å². The highest BCUT2D eigenvalue weighted by molar-refractivity contribution is 5.98. The third kappa shape index (κ3) is 4.51. The molecule has 168 valence electrons. The first-order valence-electron chi connectivity index (χ1n) is 11.4.